The van der Waals surface area contributed by atoms with Crippen LogP contribution in [0.25, 0.3) is 17.1 Å². The van der Waals surface area contributed by atoms with Gasteiger partial charge in [-0.15, -0.1) is 0 Å². The SMILES string of the molecule is C=C(C)Cn1c(-n2nc(C)c(C)c2C)nc2c1c(=O)n(CCN1CCOCC1)c(=O)n2C. The molecule has 4 rings (SSSR count). The van der Waals surface area contributed by atoms with E-state index in [4.69, 9.17) is 9.72 Å². The Morgan fingerprint density at radius 1 is 1.09 bits per heavy atom. The number of hydrogen-bond acceptors (Lipinski definition) is 6. The number of fused-ring (bicyclic) bond motifs is 1. The number of nitrogens with zero attached hydrogens (tertiary/aromatic N) is 7. The average molecular weight is 442 g/mol. The van der Waals surface area contributed by atoms with Crippen molar-refractivity contribution >= 4 is 11.2 Å². The van der Waals surface area contributed by atoms with Gasteiger partial charge in [-0.1, -0.05) is 12.2 Å². The van der Waals surface area contributed by atoms with Gasteiger partial charge in [-0.2, -0.15) is 10.1 Å². The molecule has 10 nitrogen and oxygen atoms in total. The molecule has 1 aliphatic rings. The zero-order valence-corrected chi connectivity index (χ0v) is 19.5. The van der Waals surface area contributed by atoms with Crippen LogP contribution in [-0.4, -0.2) is 66.2 Å². The van der Waals surface area contributed by atoms with Crippen molar-refractivity contribution in [3.63, 3.8) is 0 Å². The second kappa shape index (κ2) is 8.51. The fourth-order valence-electron chi connectivity index (χ4n) is 4.12. The van der Waals surface area contributed by atoms with Crippen molar-refractivity contribution in [1.29, 1.82) is 0 Å². The van der Waals surface area contributed by atoms with E-state index in [-0.39, 0.29) is 11.2 Å². The zero-order chi connectivity index (χ0) is 23.2. The quantitative estimate of drug-likeness (QED) is 0.528. The van der Waals surface area contributed by atoms with Gasteiger partial charge in [0.15, 0.2) is 11.2 Å². The summed E-state index contributed by atoms with van der Waals surface area (Å²) in [5, 5.41) is 4.63. The molecule has 0 atom stereocenters. The lowest BCUT2D eigenvalue weighted by molar-refractivity contribution is 0.0361. The molecule has 0 amide bonds. The van der Waals surface area contributed by atoms with Gasteiger partial charge in [0, 0.05) is 45.5 Å². The molecule has 0 N–H and O–H groups in total. The van der Waals surface area contributed by atoms with E-state index in [1.807, 2.05) is 32.3 Å². The van der Waals surface area contributed by atoms with E-state index < -0.39 is 0 Å². The maximum absolute atomic E-state index is 13.6. The smallest absolute Gasteiger partial charge is 0.332 e. The standard InChI is InChI=1S/C22H31N7O3/c1-14(2)13-28-18-19(23-21(28)29-17(5)15(3)16(4)24-29)25(6)22(31)27(20(18)30)8-7-26-9-11-32-12-10-26/h1,7-13H2,2-6H3. The predicted molar refractivity (Wildman–Crippen MR) is 123 cm³/mol. The number of hydrogen-bond donors (Lipinski definition) is 0. The number of rotatable bonds is 6. The third-order valence-corrected chi connectivity index (χ3v) is 6.23. The van der Waals surface area contributed by atoms with Crippen molar-refractivity contribution in [2.24, 2.45) is 7.05 Å². The average Bonchev–Trinajstić information content (AvgIpc) is 3.25. The van der Waals surface area contributed by atoms with Crippen LogP contribution >= 0.6 is 0 Å². The molecule has 172 valence electrons. The molecule has 1 fully saturated rings. The van der Waals surface area contributed by atoms with Gasteiger partial charge in [-0.05, 0) is 33.3 Å². The molecule has 0 aromatic carbocycles. The molecule has 0 unspecified atom stereocenters. The van der Waals surface area contributed by atoms with Gasteiger partial charge in [-0.3, -0.25) is 23.4 Å². The van der Waals surface area contributed by atoms with Crippen LogP contribution in [0.15, 0.2) is 21.7 Å². The zero-order valence-electron chi connectivity index (χ0n) is 19.5. The van der Waals surface area contributed by atoms with Crippen molar-refractivity contribution in [1.82, 2.24) is 33.4 Å². The number of ether oxygens (including phenoxy) is 1. The van der Waals surface area contributed by atoms with E-state index >= 15 is 0 Å². The van der Waals surface area contributed by atoms with Crippen molar-refractivity contribution in [3.05, 3.63) is 49.9 Å². The Balaban J connectivity index is 1.90. The number of aryl methyl sites for hydroxylation is 2. The summed E-state index contributed by atoms with van der Waals surface area (Å²) < 4.78 is 11.7. The number of aromatic nitrogens is 6. The van der Waals surface area contributed by atoms with Crippen LogP contribution in [0.5, 0.6) is 0 Å². The fraction of sp³-hybridized carbons (Fsp3) is 0.545. The Hall–Kier alpha value is -2.98. The van der Waals surface area contributed by atoms with Crippen LogP contribution in [0.1, 0.15) is 23.9 Å². The minimum absolute atomic E-state index is 0.314. The molecule has 3 aromatic rings. The lowest BCUT2D eigenvalue weighted by Gasteiger charge is -2.26. The maximum atomic E-state index is 13.6. The van der Waals surface area contributed by atoms with E-state index in [1.165, 1.54) is 9.13 Å². The van der Waals surface area contributed by atoms with Crippen molar-refractivity contribution < 1.29 is 4.74 Å². The molecule has 10 heteroatoms. The largest absolute Gasteiger partial charge is 0.379 e. The van der Waals surface area contributed by atoms with Gasteiger partial charge in [0.25, 0.3) is 5.56 Å². The third kappa shape index (κ3) is 3.73. The highest BCUT2D eigenvalue weighted by molar-refractivity contribution is 5.73. The molecular formula is C22H31N7O3. The Kier molecular flexibility index (Phi) is 5.91. The van der Waals surface area contributed by atoms with Gasteiger partial charge < -0.3 is 4.74 Å². The van der Waals surface area contributed by atoms with E-state index in [1.54, 1.807) is 11.7 Å². The van der Waals surface area contributed by atoms with Gasteiger partial charge >= 0.3 is 5.69 Å². The minimum Gasteiger partial charge on any atom is -0.379 e. The summed E-state index contributed by atoms with van der Waals surface area (Å²) in [6.07, 6.45) is 0. The Labute approximate surface area is 186 Å². The van der Waals surface area contributed by atoms with E-state index in [0.717, 1.165) is 35.6 Å². The van der Waals surface area contributed by atoms with E-state index in [9.17, 15) is 9.59 Å². The Bertz CT molecular complexity index is 1300. The first-order valence-electron chi connectivity index (χ1n) is 10.9. The van der Waals surface area contributed by atoms with Crippen molar-refractivity contribution in [3.8, 4) is 5.95 Å². The van der Waals surface area contributed by atoms with Crippen LogP contribution in [0.3, 0.4) is 0 Å². The van der Waals surface area contributed by atoms with Crippen LogP contribution in [0.4, 0.5) is 0 Å². The lowest BCUT2D eigenvalue weighted by atomic mass is 10.2. The first-order chi connectivity index (χ1) is 15.2. The number of allylic oxidation sites excluding steroid dienone is 1. The highest BCUT2D eigenvalue weighted by Gasteiger charge is 2.23. The summed E-state index contributed by atoms with van der Waals surface area (Å²) in [4.78, 5) is 33.6. The van der Waals surface area contributed by atoms with Crippen molar-refractivity contribution in [2.75, 3.05) is 32.8 Å². The monoisotopic (exact) mass is 441 g/mol. The highest BCUT2D eigenvalue weighted by Crippen LogP contribution is 2.20. The number of imidazole rings is 1. The highest BCUT2D eigenvalue weighted by atomic mass is 16.5. The Morgan fingerprint density at radius 3 is 2.38 bits per heavy atom. The first-order valence-corrected chi connectivity index (χ1v) is 10.9. The summed E-state index contributed by atoms with van der Waals surface area (Å²) in [6.45, 7) is 16.1. The third-order valence-electron chi connectivity index (χ3n) is 6.23. The molecule has 4 heterocycles. The number of morpholine rings is 1. The normalized spacial score (nSPS) is 15.0. The maximum Gasteiger partial charge on any atom is 0.332 e. The summed E-state index contributed by atoms with van der Waals surface area (Å²) in [6, 6.07) is 0. The minimum atomic E-state index is -0.369. The predicted octanol–water partition coefficient (Wildman–Crippen LogP) is 0.916. The molecule has 0 spiro atoms. The Morgan fingerprint density at radius 2 is 1.78 bits per heavy atom. The van der Waals surface area contributed by atoms with E-state index in [2.05, 4.69) is 16.6 Å². The van der Waals surface area contributed by atoms with Crippen molar-refractivity contribution in [2.45, 2.75) is 40.8 Å². The summed E-state index contributed by atoms with van der Waals surface area (Å²) in [5.74, 6) is 0.509. The topological polar surface area (TPSA) is 92.1 Å². The molecule has 0 radical (unpaired) electrons. The summed E-state index contributed by atoms with van der Waals surface area (Å²) in [7, 11) is 1.66. The molecule has 0 aliphatic carbocycles. The molecule has 3 aromatic heterocycles. The van der Waals surface area contributed by atoms with E-state index in [0.29, 0.717) is 50.0 Å². The summed E-state index contributed by atoms with van der Waals surface area (Å²) in [5.41, 5.74) is 3.81. The molecule has 0 bridgehead atoms. The second-order valence-electron chi connectivity index (χ2n) is 8.59. The molecule has 1 saturated heterocycles. The van der Waals surface area contributed by atoms with Gasteiger partial charge in [0.05, 0.1) is 18.9 Å². The molecule has 0 saturated carbocycles. The van der Waals surface area contributed by atoms with Crippen LogP contribution in [-0.2, 0) is 24.9 Å². The van der Waals surface area contributed by atoms with Gasteiger partial charge in [0.1, 0.15) is 0 Å². The van der Waals surface area contributed by atoms with Gasteiger partial charge in [0.2, 0.25) is 5.95 Å². The van der Waals surface area contributed by atoms with Crippen LogP contribution < -0.4 is 11.2 Å². The second-order valence-corrected chi connectivity index (χ2v) is 8.59. The molecule has 1 aliphatic heterocycles. The molecule has 32 heavy (non-hydrogen) atoms. The molecular weight excluding hydrogens is 410 g/mol. The fourth-order valence-corrected chi connectivity index (χ4v) is 4.12. The first kappa shape index (κ1) is 22.2. The van der Waals surface area contributed by atoms with Crippen LogP contribution in [0, 0.1) is 20.8 Å². The summed E-state index contributed by atoms with van der Waals surface area (Å²) >= 11 is 0. The van der Waals surface area contributed by atoms with Crippen LogP contribution in [0.2, 0.25) is 0 Å². The van der Waals surface area contributed by atoms with Gasteiger partial charge in [-0.25, -0.2) is 9.48 Å². The lowest BCUT2D eigenvalue weighted by Crippen LogP contribution is -2.44.